The van der Waals surface area contributed by atoms with Crippen molar-refractivity contribution in [3.8, 4) is 11.5 Å². The summed E-state index contributed by atoms with van der Waals surface area (Å²) in [4.78, 5) is 40.9. The number of primary amides is 1. The Morgan fingerprint density at radius 1 is 1.30 bits per heavy atom. The molecule has 1 fully saturated rings. The first-order chi connectivity index (χ1) is 15.5. The Morgan fingerprint density at radius 3 is 2.70 bits per heavy atom. The number of fused-ring (bicyclic) bond motifs is 1. The highest BCUT2D eigenvalue weighted by Gasteiger charge is 2.38. The van der Waals surface area contributed by atoms with E-state index in [2.05, 4.69) is 4.98 Å². The number of ether oxygens (including phenoxy) is 1. The van der Waals surface area contributed by atoms with Crippen LogP contribution in [0.5, 0.6) is 11.5 Å². The summed E-state index contributed by atoms with van der Waals surface area (Å²) in [5.74, 6) is -2.42. The van der Waals surface area contributed by atoms with Crippen molar-refractivity contribution in [3.05, 3.63) is 41.5 Å². The Kier molecular flexibility index (Phi) is 5.74. The molecule has 1 aromatic heterocycles. The summed E-state index contributed by atoms with van der Waals surface area (Å²) < 4.78 is 12.3. The Balaban J connectivity index is 1.41. The molecule has 0 bridgehead atoms. The van der Waals surface area contributed by atoms with Gasteiger partial charge in [0.25, 0.3) is 0 Å². The van der Waals surface area contributed by atoms with Crippen LogP contribution in [0.1, 0.15) is 27.7 Å². The van der Waals surface area contributed by atoms with Gasteiger partial charge in [0, 0.05) is 6.20 Å². The van der Waals surface area contributed by atoms with Crippen LogP contribution in [-0.4, -0.2) is 73.3 Å². The number of imidazole rings is 1. The van der Waals surface area contributed by atoms with E-state index in [0.29, 0.717) is 5.56 Å². The van der Waals surface area contributed by atoms with Crippen LogP contribution in [0.2, 0.25) is 6.32 Å². The fourth-order valence-corrected chi connectivity index (χ4v) is 3.83. The minimum atomic E-state index is -3.14. The van der Waals surface area contributed by atoms with E-state index >= 15 is 0 Å². The van der Waals surface area contributed by atoms with Gasteiger partial charge >= 0.3 is 12.7 Å². The van der Waals surface area contributed by atoms with Gasteiger partial charge in [-0.25, -0.2) is 9.78 Å². The lowest BCUT2D eigenvalue weighted by atomic mass is 9.70. The van der Waals surface area contributed by atoms with Crippen LogP contribution in [-0.2, 0) is 22.6 Å². The molecule has 0 spiro atoms. The molecule has 1 saturated heterocycles. The Bertz CT molecular complexity index is 1110. The number of aryl methyl sites for hydroxylation is 1. The zero-order valence-electron chi connectivity index (χ0n) is 17.5. The van der Waals surface area contributed by atoms with Gasteiger partial charge in [-0.2, -0.15) is 0 Å². The van der Waals surface area contributed by atoms with Gasteiger partial charge in [0.15, 0.2) is 0 Å². The molecule has 0 saturated carbocycles. The average Bonchev–Trinajstić information content (AvgIpc) is 3.15. The van der Waals surface area contributed by atoms with Gasteiger partial charge in [-0.1, -0.05) is 12.4 Å². The number of nitrogens with two attached hydrogens (primary N) is 2. The molecule has 176 valence electrons. The molecule has 2 amide bonds. The van der Waals surface area contributed by atoms with Crippen molar-refractivity contribution in [2.45, 2.75) is 31.4 Å². The number of aromatic nitrogens is 2. The Labute approximate surface area is 187 Å². The number of aromatic carboxylic acids is 1. The molecule has 0 aliphatic carbocycles. The van der Waals surface area contributed by atoms with Gasteiger partial charge < -0.3 is 45.5 Å². The maximum atomic E-state index is 12.6. The van der Waals surface area contributed by atoms with E-state index in [1.165, 1.54) is 28.1 Å². The monoisotopic (exact) mass is 460 g/mol. The van der Waals surface area contributed by atoms with E-state index in [0.717, 1.165) is 0 Å². The van der Waals surface area contributed by atoms with Crippen molar-refractivity contribution in [2.75, 3.05) is 13.1 Å². The predicted octanol–water partition coefficient (Wildman–Crippen LogP) is -1.79. The fourth-order valence-electron chi connectivity index (χ4n) is 3.83. The summed E-state index contributed by atoms with van der Waals surface area (Å²) in [6.07, 6.45) is 2.55. The lowest BCUT2D eigenvalue weighted by molar-refractivity contribution is -0.141. The van der Waals surface area contributed by atoms with Crippen LogP contribution in [0.15, 0.2) is 24.7 Å². The van der Waals surface area contributed by atoms with Gasteiger partial charge in [-0.05, 0) is 18.1 Å². The molecule has 1 atom stereocenters. The predicted molar refractivity (Wildman–Crippen MR) is 112 cm³/mol. The quantitative estimate of drug-likeness (QED) is 0.294. The van der Waals surface area contributed by atoms with Crippen LogP contribution in [0, 0.1) is 0 Å². The molecule has 2 aliphatic heterocycles. The van der Waals surface area contributed by atoms with Gasteiger partial charge in [0.05, 0.1) is 30.9 Å². The average molecular weight is 460 g/mol. The van der Waals surface area contributed by atoms with Crippen molar-refractivity contribution in [1.29, 1.82) is 0 Å². The smallest absolute Gasteiger partial charge is 0.430 e. The normalized spacial score (nSPS) is 18.0. The summed E-state index contributed by atoms with van der Waals surface area (Å²) >= 11 is 0. The summed E-state index contributed by atoms with van der Waals surface area (Å²) in [5.41, 5.74) is 11.6. The van der Waals surface area contributed by atoms with Gasteiger partial charge in [0.2, 0.25) is 11.8 Å². The molecule has 2 aromatic rings. The number of benzene rings is 1. The number of nitrogens with zero attached hydrogens (tertiary/aromatic N) is 3. The SMILES string of the molecule is NC(=O)Cn1cnc(C(N)C(=O)N2CC(Oc3ccc4c(c3C(=O)O)O[B-](O)(O)CC4)C2)c1. The molecule has 1 aromatic carbocycles. The van der Waals surface area contributed by atoms with Crippen molar-refractivity contribution in [1.82, 2.24) is 14.5 Å². The first-order valence-corrected chi connectivity index (χ1v) is 10.2. The molecule has 1 unspecified atom stereocenters. The van der Waals surface area contributed by atoms with Crippen LogP contribution >= 0.6 is 0 Å². The number of carboxylic acids is 1. The molecule has 14 heteroatoms. The highest BCUT2D eigenvalue weighted by atomic mass is 16.6. The summed E-state index contributed by atoms with van der Waals surface area (Å²) in [7, 11) is 0. The lowest BCUT2D eigenvalue weighted by Gasteiger charge is -2.41. The number of carboxylic acid groups (broad SMARTS) is 1. The zero-order chi connectivity index (χ0) is 23.9. The zero-order valence-corrected chi connectivity index (χ0v) is 17.5. The van der Waals surface area contributed by atoms with Crippen molar-refractivity contribution in [2.24, 2.45) is 11.5 Å². The summed E-state index contributed by atoms with van der Waals surface area (Å²) in [5, 5.41) is 29.3. The second-order valence-electron chi connectivity index (χ2n) is 8.14. The van der Waals surface area contributed by atoms with E-state index in [-0.39, 0.29) is 55.1 Å². The van der Waals surface area contributed by atoms with Crippen molar-refractivity contribution in [3.63, 3.8) is 0 Å². The summed E-state index contributed by atoms with van der Waals surface area (Å²) in [6, 6.07) is 2.06. The molecule has 4 rings (SSSR count). The lowest BCUT2D eigenvalue weighted by Crippen LogP contribution is -2.58. The number of hydrogen-bond acceptors (Lipinski definition) is 9. The minimum absolute atomic E-state index is 0.00124. The van der Waals surface area contributed by atoms with Crippen LogP contribution in [0.25, 0.3) is 0 Å². The number of carbonyl (C=O) groups excluding carboxylic acids is 2. The number of hydrogen-bond donors (Lipinski definition) is 5. The second-order valence-corrected chi connectivity index (χ2v) is 8.14. The van der Waals surface area contributed by atoms with Crippen LogP contribution in [0.3, 0.4) is 0 Å². The second kappa shape index (κ2) is 8.39. The minimum Gasteiger partial charge on any atom is -0.669 e. The standard InChI is InChI=1S/C19H23BN5O8/c21-14(26)8-24-7-12(23-9-24)16(22)18(27)25-5-11(6-25)32-13-2-1-10-3-4-20(30,31)33-17(10)15(13)19(28)29/h1-2,7,9,11,16,30-31H,3-6,8,22H2,(H2,21,26)(H,28,29)/q-1. The fraction of sp³-hybridized carbons (Fsp3) is 0.368. The summed E-state index contributed by atoms with van der Waals surface area (Å²) in [6.45, 7) is -2.89. The van der Waals surface area contributed by atoms with E-state index in [1.807, 2.05) is 0 Å². The van der Waals surface area contributed by atoms with E-state index in [4.69, 9.17) is 20.9 Å². The Hall–Kier alpha value is -3.62. The largest absolute Gasteiger partial charge is 0.669 e. The van der Waals surface area contributed by atoms with Crippen LogP contribution in [0.4, 0.5) is 0 Å². The number of carbonyl (C=O) groups is 3. The van der Waals surface area contributed by atoms with E-state index < -0.39 is 36.7 Å². The van der Waals surface area contributed by atoms with Gasteiger partial charge in [-0.3, -0.25) is 9.59 Å². The molecule has 2 aliphatic rings. The van der Waals surface area contributed by atoms with Crippen LogP contribution < -0.4 is 20.9 Å². The molecule has 13 nitrogen and oxygen atoms in total. The third kappa shape index (κ3) is 4.62. The Morgan fingerprint density at radius 2 is 2.03 bits per heavy atom. The first-order valence-electron chi connectivity index (χ1n) is 10.2. The van der Waals surface area contributed by atoms with E-state index in [9.17, 15) is 29.5 Å². The molecule has 3 heterocycles. The number of rotatable bonds is 7. The van der Waals surface area contributed by atoms with Crippen molar-refractivity contribution >= 4 is 24.5 Å². The molecular weight excluding hydrogens is 437 g/mol. The van der Waals surface area contributed by atoms with Gasteiger partial charge in [0.1, 0.15) is 30.0 Å². The molecule has 7 N–H and O–H groups in total. The van der Waals surface area contributed by atoms with Crippen molar-refractivity contribution < 1.29 is 38.9 Å². The number of amides is 2. The maximum absolute atomic E-state index is 12.6. The van der Waals surface area contributed by atoms with E-state index in [1.54, 1.807) is 6.07 Å². The first kappa shape index (κ1) is 22.6. The molecular formula is C19H23BN5O8-. The maximum Gasteiger partial charge on any atom is 0.430 e. The number of likely N-dealkylation sites (tertiary alicyclic amines) is 1. The third-order valence-corrected chi connectivity index (χ3v) is 5.54. The topological polar surface area (TPSA) is 203 Å². The highest BCUT2D eigenvalue weighted by Crippen LogP contribution is 2.39. The molecule has 33 heavy (non-hydrogen) atoms. The third-order valence-electron chi connectivity index (χ3n) is 5.54. The van der Waals surface area contributed by atoms with Gasteiger partial charge in [-0.15, -0.1) is 0 Å². The molecule has 0 radical (unpaired) electrons. The highest BCUT2D eigenvalue weighted by molar-refractivity contribution is 6.59.